The molecule has 7 nitrogen and oxygen atoms in total. The molecule has 0 aliphatic heterocycles. The molecule has 140 valence electrons. The van der Waals surface area contributed by atoms with Gasteiger partial charge in [-0.1, -0.05) is 35.9 Å². The molecule has 0 radical (unpaired) electrons. The third-order valence-electron chi connectivity index (χ3n) is 4.26. The number of aryl methyl sites for hydroxylation is 1. The molecular formula is C20H15ClN4O3. The highest BCUT2D eigenvalue weighted by molar-refractivity contribution is 6.31. The van der Waals surface area contributed by atoms with Crippen LogP contribution in [0.1, 0.15) is 21.8 Å². The summed E-state index contributed by atoms with van der Waals surface area (Å²) >= 11 is 6.12. The number of halogens is 1. The maximum absolute atomic E-state index is 12.3. The first-order chi connectivity index (χ1) is 13.5. The second-order valence-electron chi connectivity index (χ2n) is 6.05. The van der Waals surface area contributed by atoms with Crippen LogP contribution in [0.3, 0.4) is 0 Å². The lowest BCUT2D eigenvalue weighted by atomic mass is 10.1. The van der Waals surface area contributed by atoms with Crippen LogP contribution in [0.4, 0.5) is 0 Å². The molecule has 4 aromatic rings. The number of fused-ring (bicyclic) bond motifs is 2. The molecule has 1 aromatic carbocycles. The fraction of sp³-hybridized carbons (Fsp3) is 0.0500. The highest BCUT2D eigenvalue weighted by Crippen LogP contribution is 2.24. The molecule has 0 saturated heterocycles. The molecule has 0 atom stereocenters. The zero-order valence-electron chi connectivity index (χ0n) is 14.8. The molecule has 0 aliphatic carbocycles. The van der Waals surface area contributed by atoms with Crippen molar-refractivity contribution in [2.75, 3.05) is 0 Å². The number of carbonyl (C=O) groups excluding carboxylic acids is 2. The Balaban J connectivity index is 1.45. The number of aromatic nitrogens is 2. The summed E-state index contributed by atoms with van der Waals surface area (Å²) in [5, 5.41) is 1.12. The first-order valence-electron chi connectivity index (χ1n) is 8.43. The minimum atomic E-state index is -0.539. The predicted molar refractivity (Wildman–Crippen MR) is 106 cm³/mol. The van der Waals surface area contributed by atoms with Gasteiger partial charge in [0, 0.05) is 23.2 Å². The monoisotopic (exact) mass is 394 g/mol. The van der Waals surface area contributed by atoms with Crippen molar-refractivity contribution in [1.29, 1.82) is 0 Å². The van der Waals surface area contributed by atoms with E-state index in [1.807, 2.05) is 30.3 Å². The number of imidazole rings is 1. The zero-order chi connectivity index (χ0) is 19.7. The van der Waals surface area contributed by atoms with E-state index in [4.69, 9.17) is 16.0 Å². The van der Waals surface area contributed by atoms with Gasteiger partial charge in [0.05, 0.1) is 5.69 Å². The molecule has 8 heteroatoms. The van der Waals surface area contributed by atoms with E-state index in [9.17, 15) is 9.59 Å². The lowest BCUT2D eigenvalue weighted by molar-refractivity contribution is -0.117. The van der Waals surface area contributed by atoms with Gasteiger partial charge in [0.25, 0.3) is 5.91 Å². The lowest BCUT2D eigenvalue weighted by Crippen LogP contribution is -2.40. The molecule has 2 amide bonds. The summed E-state index contributed by atoms with van der Waals surface area (Å²) in [5.74, 6) is -0.914. The topological polar surface area (TPSA) is 88.6 Å². The number of hydrogen-bond donors (Lipinski definition) is 2. The molecule has 0 unspecified atom stereocenters. The van der Waals surface area contributed by atoms with Gasteiger partial charge in [0.2, 0.25) is 0 Å². The number of furan rings is 1. The summed E-state index contributed by atoms with van der Waals surface area (Å²) < 4.78 is 7.32. The molecule has 28 heavy (non-hydrogen) atoms. The Morgan fingerprint density at radius 3 is 2.75 bits per heavy atom. The standard InChI is InChI=1S/C20H15ClN4O3/c1-12-13-6-2-3-7-15(13)28-18(12)20(27)24-23-17(26)10-9-14-19(21)22-16-8-4-5-11-25(14)16/h2-11H,1H3,(H,23,26)(H,24,27)/b10-9+. The van der Waals surface area contributed by atoms with Gasteiger partial charge >= 0.3 is 5.91 Å². The maximum atomic E-state index is 12.3. The van der Waals surface area contributed by atoms with E-state index in [1.54, 1.807) is 29.7 Å². The molecule has 2 N–H and O–H groups in total. The van der Waals surface area contributed by atoms with E-state index in [1.165, 1.54) is 12.2 Å². The highest BCUT2D eigenvalue weighted by atomic mass is 35.5. The third-order valence-corrected chi connectivity index (χ3v) is 4.54. The Hall–Kier alpha value is -3.58. The van der Waals surface area contributed by atoms with Crippen molar-refractivity contribution in [1.82, 2.24) is 20.2 Å². The number of benzene rings is 1. The summed E-state index contributed by atoms with van der Waals surface area (Å²) in [6.45, 7) is 1.79. The molecule has 0 aliphatic rings. The van der Waals surface area contributed by atoms with Crippen LogP contribution in [-0.4, -0.2) is 21.2 Å². The first-order valence-corrected chi connectivity index (χ1v) is 8.81. The Kier molecular flexibility index (Phi) is 4.58. The maximum Gasteiger partial charge on any atom is 0.305 e. The van der Waals surface area contributed by atoms with Crippen molar-refractivity contribution in [2.24, 2.45) is 0 Å². The normalized spacial score (nSPS) is 11.4. The second-order valence-corrected chi connectivity index (χ2v) is 6.40. The summed E-state index contributed by atoms with van der Waals surface area (Å²) in [6, 6.07) is 12.8. The third kappa shape index (κ3) is 3.23. The molecular weight excluding hydrogens is 380 g/mol. The smallest absolute Gasteiger partial charge is 0.305 e. The van der Waals surface area contributed by atoms with Crippen molar-refractivity contribution in [2.45, 2.75) is 6.92 Å². The molecule has 0 bridgehead atoms. The number of rotatable bonds is 3. The van der Waals surface area contributed by atoms with Crippen LogP contribution < -0.4 is 10.9 Å². The van der Waals surface area contributed by atoms with Crippen LogP contribution >= 0.6 is 11.6 Å². The van der Waals surface area contributed by atoms with Crippen molar-refractivity contribution < 1.29 is 14.0 Å². The van der Waals surface area contributed by atoms with E-state index in [2.05, 4.69) is 15.8 Å². The molecule has 0 fully saturated rings. The highest BCUT2D eigenvalue weighted by Gasteiger charge is 2.17. The van der Waals surface area contributed by atoms with Crippen molar-refractivity contribution in [3.63, 3.8) is 0 Å². The van der Waals surface area contributed by atoms with E-state index in [-0.39, 0.29) is 10.9 Å². The Morgan fingerprint density at radius 1 is 1.14 bits per heavy atom. The van der Waals surface area contributed by atoms with Crippen LogP contribution in [-0.2, 0) is 4.79 Å². The van der Waals surface area contributed by atoms with Gasteiger partial charge in [0.15, 0.2) is 10.9 Å². The van der Waals surface area contributed by atoms with E-state index < -0.39 is 11.8 Å². The predicted octanol–water partition coefficient (Wildman–Crippen LogP) is 3.52. The number of nitrogens with zero attached hydrogens (tertiary/aromatic N) is 2. The van der Waals surface area contributed by atoms with E-state index >= 15 is 0 Å². The average molecular weight is 395 g/mol. The minimum absolute atomic E-state index is 0.148. The van der Waals surface area contributed by atoms with Crippen LogP contribution in [0.2, 0.25) is 5.15 Å². The Labute approximate surface area is 164 Å². The van der Waals surface area contributed by atoms with Crippen LogP contribution in [0, 0.1) is 6.92 Å². The summed E-state index contributed by atoms with van der Waals surface area (Å²) in [6.07, 6.45) is 4.57. The van der Waals surface area contributed by atoms with Crippen molar-refractivity contribution >= 4 is 46.1 Å². The largest absolute Gasteiger partial charge is 0.451 e. The molecule has 3 heterocycles. The van der Waals surface area contributed by atoms with Gasteiger partial charge in [-0.25, -0.2) is 4.98 Å². The summed E-state index contributed by atoms with van der Waals surface area (Å²) in [5.41, 5.74) is 7.21. The Bertz CT molecular complexity index is 1240. The molecule has 3 aromatic heterocycles. The molecule has 0 saturated carbocycles. The second kappa shape index (κ2) is 7.21. The summed E-state index contributed by atoms with van der Waals surface area (Å²) in [7, 11) is 0. The quantitative estimate of drug-likeness (QED) is 0.411. The first kappa shape index (κ1) is 17.8. The van der Waals surface area contributed by atoms with Gasteiger partial charge in [-0.2, -0.15) is 0 Å². The van der Waals surface area contributed by atoms with Gasteiger partial charge in [-0.05, 0) is 31.2 Å². The van der Waals surface area contributed by atoms with Gasteiger partial charge in [-0.3, -0.25) is 24.8 Å². The number of amides is 2. The van der Waals surface area contributed by atoms with Crippen molar-refractivity contribution in [3.8, 4) is 0 Å². The van der Waals surface area contributed by atoms with Gasteiger partial charge in [-0.15, -0.1) is 0 Å². The van der Waals surface area contributed by atoms with E-state index in [0.29, 0.717) is 22.5 Å². The van der Waals surface area contributed by atoms with Crippen LogP contribution in [0.25, 0.3) is 22.7 Å². The molecule has 4 rings (SSSR count). The van der Waals surface area contributed by atoms with Crippen LogP contribution in [0.5, 0.6) is 0 Å². The fourth-order valence-electron chi connectivity index (χ4n) is 2.90. The Morgan fingerprint density at radius 2 is 1.93 bits per heavy atom. The lowest BCUT2D eigenvalue weighted by Gasteiger charge is -2.03. The SMILES string of the molecule is Cc1c(C(=O)NNC(=O)/C=C/c2c(Cl)nc3ccccn23)oc2ccccc12. The number of hydrazine groups is 1. The summed E-state index contributed by atoms with van der Waals surface area (Å²) in [4.78, 5) is 28.6. The average Bonchev–Trinajstić information content (AvgIpc) is 3.21. The number of hydrogen-bond acceptors (Lipinski definition) is 4. The van der Waals surface area contributed by atoms with Gasteiger partial charge < -0.3 is 4.42 Å². The number of para-hydroxylation sites is 1. The number of carbonyl (C=O) groups is 2. The van der Waals surface area contributed by atoms with Crippen molar-refractivity contribution in [3.05, 3.63) is 76.9 Å². The minimum Gasteiger partial charge on any atom is -0.451 e. The van der Waals surface area contributed by atoms with E-state index in [0.717, 1.165) is 5.39 Å². The fourth-order valence-corrected chi connectivity index (χ4v) is 3.14. The van der Waals surface area contributed by atoms with Gasteiger partial charge in [0.1, 0.15) is 11.2 Å². The van der Waals surface area contributed by atoms with Crippen LogP contribution in [0.15, 0.2) is 59.2 Å². The number of pyridine rings is 1. The molecule has 0 spiro atoms. The number of nitrogens with one attached hydrogen (secondary N) is 2. The zero-order valence-corrected chi connectivity index (χ0v) is 15.5.